The fourth-order valence-corrected chi connectivity index (χ4v) is 3.60. The van der Waals surface area contributed by atoms with Crippen LogP contribution in [0.5, 0.6) is 0 Å². The standard InChI is InChI=1S/C21H21ClN6O8/c1-3-20(34,16(29)28-10-25-13-14(23)26-19(22)27-15(13)28)12(35-2)9-36-21(17(30)31,18(32)33)8-11-4-6-24-7-5-11/h1,4-7,10,12,16,29,34H,8-9H2,2H3,(H,30,31)(H,32,33)(H2,23,26,27)/t12-,16-,20-/m1/s1. The molecule has 190 valence electrons. The molecule has 0 radical (unpaired) electrons. The van der Waals surface area contributed by atoms with E-state index in [0.717, 1.165) is 18.0 Å². The SMILES string of the molecule is C#C[C@@](O)([C@@H](COC(Cc1ccncc1)(C(=O)O)C(=O)O)OC)[C@@H](O)n1cnc2c(N)nc(Cl)nc21. The summed E-state index contributed by atoms with van der Waals surface area (Å²) < 4.78 is 11.5. The zero-order chi connectivity index (χ0) is 26.7. The number of nitrogens with two attached hydrogens (primary N) is 1. The van der Waals surface area contributed by atoms with Gasteiger partial charge in [0.2, 0.25) is 5.28 Å². The van der Waals surface area contributed by atoms with Crippen LogP contribution in [0.25, 0.3) is 11.2 Å². The fraction of sp³-hybridized carbons (Fsp3) is 0.333. The third-order valence-corrected chi connectivity index (χ3v) is 5.63. The van der Waals surface area contributed by atoms with E-state index in [2.05, 4.69) is 19.9 Å². The van der Waals surface area contributed by atoms with Gasteiger partial charge in [-0.25, -0.2) is 14.6 Å². The van der Waals surface area contributed by atoms with Crippen molar-refractivity contribution >= 4 is 40.5 Å². The summed E-state index contributed by atoms with van der Waals surface area (Å²) in [5.74, 6) is -1.73. The predicted octanol–water partition coefficient (Wildman–Crippen LogP) is -0.506. The maximum Gasteiger partial charge on any atom is 0.348 e. The molecule has 3 aromatic heterocycles. The lowest BCUT2D eigenvalue weighted by Gasteiger charge is -2.36. The van der Waals surface area contributed by atoms with Crippen molar-refractivity contribution in [1.29, 1.82) is 0 Å². The van der Waals surface area contributed by atoms with Crippen LogP contribution in [-0.2, 0) is 25.5 Å². The van der Waals surface area contributed by atoms with E-state index < -0.39 is 48.5 Å². The van der Waals surface area contributed by atoms with Gasteiger partial charge in [-0.3, -0.25) is 9.55 Å². The first kappa shape index (κ1) is 26.7. The van der Waals surface area contributed by atoms with Crippen molar-refractivity contribution in [3.63, 3.8) is 0 Å². The summed E-state index contributed by atoms with van der Waals surface area (Å²) in [5, 5.41) is 41.5. The number of imidazole rings is 1. The molecule has 3 heterocycles. The smallest absolute Gasteiger partial charge is 0.348 e. The maximum absolute atomic E-state index is 12.1. The largest absolute Gasteiger partial charge is 0.479 e. The van der Waals surface area contributed by atoms with Crippen molar-refractivity contribution in [2.45, 2.75) is 30.0 Å². The summed E-state index contributed by atoms with van der Waals surface area (Å²) in [5.41, 5.74) is 0.649. The zero-order valence-electron chi connectivity index (χ0n) is 18.6. The molecule has 15 heteroatoms. The third-order valence-electron chi connectivity index (χ3n) is 5.46. The second-order valence-electron chi connectivity index (χ2n) is 7.55. The Balaban J connectivity index is 1.95. The Labute approximate surface area is 208 Å². The molecule has 0 amide bonds. The number of fused-ring (bicyclic) bond motifs is 1. The molecular weight excluding hydrogens is 500 g/mol. The van der Waals surface area contributed by atoms with Crippen molar-refractivity contribution in [3.05, 3.63) is 41.7 Å². The Morgan fingerprint density at radius 1 is 1.28 bits per heavy atom. The van der Waals surface area contributed by atoms with Crippen LogP contribution in [0.3, 0.4) is 0 Å². The summed E-state index contributed by atoms with van der Waals surface area (Å²) >= 11 is 5.83. The lowest BCUT2D eigenvalue weighted by atomic mass is 9.93. The van der Waals surface area contributed by atoms with Gasteiger partial charge in [-0.1, -0.05) is 5.92 Å². The van der Waals surface area contributed by atoms with Crippen molar-refractivity contribution in [1.82, 2.24) is 24.5 Å². The number of nitrogen functional groups attached to an aromatic ring is 1. The molecule has 14 nitrogen and oxygen atoms in total. The number of carboxylic acids is 2. The van der Waals surface area contributed by atoms with E-state index in [-0.39, 0.29) is 22.3 Å². The minimum atomic E-state index is -2.78. The van der Waals surface area contributed by atoms with Gasteiger partial charge in [-0.05, 0) is 29.3 Å². The van der Waals surface area contributed by atoms with Crippen molar-refractivity contribution in [2.75, 3.05) is 19.5 Å². The van der Waals surface area contributed by atoms with E-state index in [9.17, 15) is 30.0 Å². The monoisotopic (exact) mass is 520 g/mol. The van der Waals surface area contributed by atoms with Crippen LogP contribution in [-0.4, -0.2) is 87.9 Å². The fourth-order valence-electron chi connectivity index (χ4n) is 3.43. The van der Waals surface area contributed by atoms with Crippen LogP contribution in [0.2, 0.25) is 5.28 Å². The highest BCUT2D eigenvalue weighted by molar-refractivity contribution is 6.28. The molecule has 3 rings (SSSR count). The molecule has 36 heavy (non-hydrogen) atoms. The zero-order valence-corrected chi connectivity index (χ0v) is 19.4. The number of hydrogen-bond acceptors (Lipinski definition) is 11. The summed E-state index contributed by atoms with van der Waals surface area (Å²) in [6.07, 6.45) is 5.07. The molecule has 0 aliphatic heterocycles. The van der Waals surface area contributed by atoms with Crippen LogP contribution in [0, 0.1) is 12.3 Å². The maximum atomic E-state index is 12.1. The molecule has 0 spiro atoms. The number of methoxy groups -OCH3 is 1. The number of anilines is 1. The number of halogens is 1. The average molecular weight is 521 g/mol. The van der Waals surface area contributed by atoms with Crippen molar-refractivity contribution < 1.29 is 39.5 Å². The molecule has 3 atom stereocenters. The predicted molar refractivity (Wildman–Crippen MR) is 122 cm³/mol. The van der Waals surface area contributed by atoms with Crippen LogP contribution in [0.1, 0.15) is 11.8 Å². The number of carboxylic acid groups (broad SMARTS) is 2. The Morgan fingerprint density at radius 3 is 2.47 bits per heavy atom. The average Bonchev–Trinajstić information content (AvgIpc) is 3.27. The molecule has 0 unspecified atom stereocenters. The number of rotatable bonds is 11. The number of nitrogens with zero attached hydrogens (tertiary/aromatic N) is 5. The quantitative estimate of drug-likeness (QED) is 0.122. The number of ether oxygens (including phenoxy) is 2. The van der Waals surface area contributed by atoms with Gasteiger partial charge >= 0.3 is 11.9 Å². The van der Waals surface area contributed by atoms with Gasteiger partial charge in [0.15, 0.2) is 23.3 Å². The third kappa shape index (κ3) is 4.78. The number of aliphatic carboxylic acids is 2. The number of pyridine rings is 1. The summed E-state index contributed by atoms with van der Waals surface area (Å²) in [7, 11) is 1.10. The molecule has 0 bridgehead atoms. The van der Waals surface area contributed by atoms with Crippen LogP contribution >= 0.6 is 11.6 Å². The van der Waals surface area contributed by atoms with E-state index >= 15 is 0 Å². The Morgan fingerprint density at radius 2 is 1.92 bits per heavy atom. The minimum absolute atomic E-state index is 0.0520. The molecule has 0 saturated heterocycles. The van der Waals surface area contributed by atoms with Crippen molar-refractivity contribution in [3.8, 4) is 12.3 Å². The Hall–Kier alpha value is -3.87. The van der Waals surface area contributed by atoms with Gasteiger partial charge in [0.25, 0.3) is 5.60 Å². The minimum Gasteiger partial charge on any atom is -0.479 e. The summed E-state index contributed by atoms with van der Waals surface area (Å²) in [6, 6.07) is 2.84. The van der Waals surface area contributed by atoms with E-state index in [1.54, 1.807) is 0 Å². The van der Waals surface area contributed by atoms with E-state index in [0.29, 0.717) is 5.56 Å². The molecule has 6 N–H and O–H groups in total. The Bertz CT molecular complexity index is 1300. The van der Waals surface area contributed by atoms with E-state index in [4.69, 9.17) is 33.2 Å². The van der Waals surface area contributed by atoms with Gasteiger partial charge in [0.1, 0.15) is 11.6 Å². The molecular formula is C21H21ClN6O8. The number of carbonyl (C=O) groups is 2. The number of hydrogen-bond donors (Lipinski definition) is 5. The summed E-state index contributed by atoms with van der Waals surface area (Å²) in [4.78, 5) is 39.6. The second kappa shape index (κ2) is 10.4. The van der Waals surface area contributed by atoms with Crippen LogP contribution < -0.4 is 5.73 Å². The molecule has 0 fully saturated rings. The lowest BCUT2D eigenvalue weighted by molar-refractivity contribution is -0.202. The van der Waals surface area contributed by atoms with Gasteiger partial charge in [0, 0.05) is 25.9 Å². The van der Waals surface area contributed by atoms with Crippen molar-refractivity contribution in [2.24, 2.45) is 0 Å². The first-order valence-corrected chi connectivity index (χ1v) is 10.4. The highest BCUT2D eigenvalue weighted by Gasteiger charge is 2.51. The molecule has 0 aliphatic rings. The first-order valence-electron chi connectivity index (χ1n) is 10.1. The molecule has 3 aromatic rings. The number of aliphatic hydroxyl groups excluding tert-OH is 1. The lowest BCUT2D eigenvalue weighted by Crippen LogP contribution is -2.56. The highest BCUT2D eigenvalue weighted by atomic mass is 35.5. The van der Waals surface area contributed by atoms with Gasteiger partial charge < -0.3 is 35.6 Å². The highest BCUT2D eigenvalue weighted by Crippen LogP contribution is 2.31. The number of terminal acetylenes is 1. The summed E-state index contributed by atoms with van der Waals surface area (Å²) in [6.45, 7) is -0.859. The van der Waals surface area contributed by atoms with Gasteiger partial charge in [-0.15, -0.1) is 6.42 Å². The molecule has 0 saturated carbocycles. The topological polar surface area (TPSA) is 216 Å². The van der Waals surface area contributed by atoms with Crippen LogP contribution in [0.4, 0.5) is 5.82 Å². The molecule has 0 aliphatic carbocycles. The van der Waals surface area contributed by atoms with Crippen LogP contribution in [0.15, 0.2) is 30.9 Å². The second-order valence-corrected chi connectivity index (χ2v) is 7.89. The van der Waals surface area contributed by atoms with E-state index in [1.165, 1.54) is 24.5 Å². The number of aromatic nitrogens is 5. The Kier molecular flexibility index (Phi) is 7.72. The normalized spacial score (nSPS) is 15.1. The first-order chi connectivity index (χ1) is 17.0. The van der Waals surface area contributed by atoms with E-state index in [1.807, 2.05) is 5.92 Å². The van der Waals surface area contributed by atoms with Gasteiger partial charge in [-0.2, -0.15) is 9.97 Å². The number of aliphatic hydroxyl groups is 2. The van der Waals surface area contributed by atoms with Gasteiger partial charge in [0.05, 0.1) is 12.9 Å². The molecule has 0 aromatic carbocycles.